The third-order valence-corrected chi connectivity index (χ3v) is 4.55. The fourth-order valence-electron chi connectivity index (χ4n) is 2.85. The van der Waals surface area contributed by atoms with Crippen LogP contribution in [0.3, 0.4) is 0 Å². The van der Waals surface area contributed by atoms with Crippen LogP contribution in [0.15, 0.2) is 53.6 Å². The Hall–Kier alpha value is -2.70. The largest absolute Gasteiger partial charge is 0.461 e. The van der Waals surface area contributed by atoms with Crippen LogP contribution in [0.25, 0.3) is 0 Å². The molecule has 0 aliphatic carbocycles. The van der Waals surface area contributed by atoms with Gasteiger partial charge in [0.2, 0.25) is 0 Å². The van der Waals surface area contributed by atoms with Crippen molar-refractivity contribution < 1.29 is 19.4 Å². The molecule has 1 heterocycles. The van der Waals surface area contributed by atoms with E-state index in [1.54, 1.807) is 31.2 Å². The van der Waals surface area contributed by atoms with Gasteiger partial charge in [-0.25, -0.2) is 4.79 Å². The van der Waals surface area contributed by atoms with Crippen LogP contribution in [-0.4, -0.2) is 34.3 Å². The molecule has 1 N–H and O–H groups in total. The standard InChI is InChI=1S/C20H19ClN2O4/c1-3-27-19(25)17-12-20(26,15-8-4-13(2)5-9-15)23(22-17)18(24)14-6-10-16(21)11-7-14/h4-11,26H,3,12H2,1-2H3. The monoisotopic (exact) mass is 386 g/mol. The number of benzene rings is 2. The van der Waals surface area contributed by atoms with E-state index < -0.39 is 17.6 Å². The third kappa shape index (κ3) is 3.72. The van der Waals surface area contributed by atoms with Gasteiger partial charge in [-0.1, -0.05) is 41.4 Å². The molecule has 0 saturated carbocycles. The molecule has 2 aromatic rings. The number of nitrogens with zero attached hydrogens (tertiary/aromatic N) is 2. The van der Waals surface area contributed by atoms with Gasteiger partial charge in [0.1, 0.15) is 0 Å². The Morgan fingerprint density at radius 2 is 1.81 bits per heavy atom. The predicted octanol–water partition coefficient (Wildman–Crippen LogP) is 3.26. The van der Waals surface area contributed by atoms with E-state index in [1.165, 1.54) is 12.1 Å². The third-order valence-electron chi connectivity index (χ3n) is 4.29. The SMILES string of the molecule is CCOC(=O)C1=NN(C(=O)c2ccc(Cl)cc2)C(O)(c2ccc(C)cc2)C1. The lowest BCUT2D eigenvalue weighted by molar-refractivity contribution is -0.135. The number of hydrogen-bond donors (Lipinski definition) is 1. The average Bonchev–Trinajstić information content (AvgIpc) is 3.01. The van der Waals surface area contributed by atoms with Crippen LogP contribution in [0.1, 0.15) is 34.8 Å². The van der Waals surface area contributed by atoms with Gasteiger partial charge in [0, 0.05) is 16.1 Å². The molecule has 7 heteroatoms. The summed E-state index contributed by atoms with van der Waals surface area (Å²) in [4.78, 5) is 25.2. The van der Waals surface area contributed by atoms with Crippen LogP contribution >= 0.6 is 11.6 Å². The molecule has 27 heavy (non-hydrogen) atoms. The first-order valence-electron chi connectivity index (χ1n) is 8.49. The predicted molar refractivity (Wildman–Crippen MR) is 101 cm³/mol. The number of carbonyl (C=O) groups excluding carboxylic acids is 2. The first-order valence-corrected chi connectivity index (χ1v) is 8.87. The molecule has 0 fully saturated rings. The Bertz CT molecular complexity index is 893. The van der Waals surface area contributed by atoms with Crippen LogP contribution in [0.2, 0.25) is 5.02 Å². The van der Waals surface area contributed by atoms with Gasteiger partial charge in [0.15, 0.2) is 11.4 Å². The van der Waals surface area contributed by atoms with Gasteiger partial charge in [0.25, 0.3) is 5.91 Å². The van der Waals surface area contributed by atoms with E-state index in [0.29, 0.717) is 16.1 Å². The second kappa shape index (κ2) is 7.50. The molecule has 0 bridgehead atoms. The molecule has 0 saturated heterocycles. The molecule has 1 aliphatic rings. The van der Waals surface area contributed by atoms with Gasteiger partial charge in [-0.2, -0.15) is 10.1 Å². The number of ether oxygens (including phenoxy) is 1. The molecule has 3 rings (SSSR count). The van der Waals surface area contributed by atoms with Gasteiger partial charge in [-0.05, 0) is 38.1 Å². The molecule has 0 radical (unpaired) electrons. The van der Waals surface area contributed by atoms with Crippen molar-refractivity contribution in [3.63, 3.8) is 0 Å². The molecule has 0 aromatic heterocycles. The molecule has 1 amide bonds. The van der Waals surface area contributed by atoms with Crippen LogP contribution in [0.4, 0.5) is 0 Å². The van der Waals surface area contributed by atoms with E-state index in [-0.39, 0.29) is 18.7 Å². The number of halogens is 1. The van der Waals surface area contributed by atoms with Gasteiger partial charge in [-0.3, -0.25) is 4.79 Å². The van der Waals surface area contributed by atoms with Gasteiger partial charge in [0.05, 0.1) is 13.0 Å². The summed E-state index contributed by atoms with van der Waals surface area (Å²) in [6.07, 6.45) is -0.159. The quantitative estimate of drug-likeness (QED) is 0.818. The van der Waals surface area contributed by atoms with Crippen molar-refractivity contribution in [2.24, 2.45) is 5.10 Å². The zero-order valence-corrected chi connectivity index (χ0v) is 15.7. The molecule has 140 valence electrons. The van der Waals surface area contributed by atoms with Crippen LogP contribution in [0.5, 0.6) is 0 Å². The number of aryl methyl sites for hydroxylation is 1. The number of amides is 1. The second-order valence-electron chi connectivity index (χ2n) is 6.25. The zero-order valence-electron chi connectivity index (χ0n) is 15.0. The topological polar surface area (TPSA) is 79.2 Å². The van der Waals surface area contributed by atoms with Crippen molar-refractivity contribution in [3.05, 3.63) is 70.2 Å². The highest BCUT2D eigenvalue weighted by molar-refractivity contribution is 6.37. The van der Waals surface area contributed by atoms with E-state index in [4.69, 9.17) is 16.3 Å². The maximum atomic E-state index is 13.0. The lowest BCUT2D eigenvalue weighted by Gasteiger charge is -2.31. The lowest BCUT2D eigenvalue weighted by Crippen LogP contribution is -2.43. The van der Waals surface area contributed by atoms with Crippen molar-refractivity contribution in [2.75, 3.05) is 6.61 Å². The second-order valence-corrected chi connectivity index (χ2v) is 6.69. The first-order chi connectivity index (χ1) is 12.8. The molecule has 1 atom stereocenters. The fourth-order valence-corrected chi connectivity index (χ4v) is 2.97. The number of hydrogen-bond acceptors (Lipinski definition) is 5. The van der Waals surface area contributed by atoms with Crippen molar-refractivity contribution >= 4 is 29.2 Å². The summed E-state index contributed by atoms with van der Waals surface area (Å²) < 4.78 is 4.99. The summed E-state index contributed by atoms with van der Waals surface area (Å²) in [6.45, 7) is 3.77. The summed E-state index contributed by atoms with van der Waals surface area (Å²) in [6, 6.07) is 13.3. The number of hydrazone groups is 1. The van der Waals surface area contributed by atoms with E-state index in [1.807, 2.05) is 19.1 Å². The Morgan fingerprint density at radius 1 is 1.19 bits per heavy atom. The van der Waals surface area contributed by atoms with E-state index in [2.05, 4.69) is 5.10 Å². The fraction of sp³-hybridized carbons (Fsp3) is 0.250. The first kappa shape index (κ1) is 19.1. The number of esters is 1. The van der Waals surface area contributed by atoms with Gasteiger partial charge < -0.3 is 9.84 Å². The molecular formula is C20H19ClN2O4. The molecule has 2 aromatic carbocycles. The minimum absolute atomic E-state index is 0.0118. The molecule has 6 nitrogen and oxygen atoms in total. The summed E-state index contributed by atoms with van der Waals surface area (Å²) in [5, 5.41) is 16.9. The maximum Gasteiger partial charge on any atom is 0.354 e. The van der Waals surface area contributed by atoms with E-state index >= 15 is 0 Å². The normalized spacial score (nSPS) is 19.0. The minimum atomic E-state index is -1.79. The molecule has 1 unspecified atom stereocenters. The summed E-state index contributed by atoms with van der Waals surface area (Å²) in [5.41, 5.74) is -0.0473. The number of aliphatic hydroxyl groups is 1. The lowest BCUT2D eigenvalue weighted by atomic mass is 9.96. The highest BCUT2D eigenvalue weighted by Gasteiger charge is 2.48. The van der Waals surface area contributed by atoms with Crippen molar-refractivity contribution in [1.82, 2.24) is 5.01 Å². The van der Waals surface area contributed by atoms with Gasteiger partial charge in [-0.15, -0.1) is 0 Å². The van der Waals surface area contributed by atoms with Crippen LogP contribution < -0.4 is 0 Å². The summed E-state index contributed by atoms with van der Waals surface area (Å²) in [5.74, 6) is -1.21. The highest BCUT2D eigenvalue weighted by Crippen LogP contribution is 2.37. The Morgan fingerprint density at radius 3 is 2.41 bits per heavy atom. The number of carbonyl (C=O) groups is 2. The average molecular weight is 387 g/mol. The van der Waals surface area contributed by atoms with Gasteiger partial charge >= 0.3 is 5.97 Å². The number of rotatable bonds is 4. The molecule has 0 spiro atoms. The maximum absolute atomic E-state index is 13.0. The van der Waals surface area contributed by atoms with E-state index in [0.717, 1.165) is 10.6 Å². The molecule has 1 aliphatic heterocycles. The summed E-state index contributed by atoms with van der Waals surface area (Å²) in [7, 11) is 0. The molecular weight excluding hydrogens is 368 g/mol. The smallest absolute Gasteiger partial charge is 0.354 e. The van der Waals surface area contributed by atoms with Crippen molar-refractivity contribution in [3.8, 4) is 0 Å². The highest BCUT2D eigenvalue weighted by atomic mass is 35.5. The Balaban J connectivity index is 2.03. The Kier molecular flexibility index (Phi) is 5.30. The van der Waals surface area contributed by atoms with Crippen molar-refractivity contribution in [2.45, 2.75) is 26.0 Å². The zero-order chi connectivity index (χ0) is 19.6. The Labute approximate surface area is 162 Å². The summed E-state index contributed by atoms with van der Waals surface area (Å²) >= 11 is 5.88. The minimum Gasteiger partial charge on any atom is -0.461 e. The van der Waals surface area contributed by atoms with E-state index in [9.17, 15) is 14.7 Å². The van der Waals surface area contributed by atoms with Crippen LogP contribution in [0, 0.1) is 6.92 Å². The van der Waals surface area contributed by atoms with Crippen LogP contribution in [-0.2, 0) is 15.3 Å². The van der Waals surface area contributed by atoms with Crippen molar-refractivity contribution in [1.29, 1.82) is 0 Å².